The highest BCUT2D eigenvalue weighted by atomic mass is 35.5. The van der Waals surface area contributed by atoms with Gasteiger partial charge in [-0.1, -0.05) is 18.2 Å². The van der Waals surface area contributed by atoms with Crippen molar-refractivity contribution in [1.29, 1.82) is 0 Å². The lowest BCUT2D eigenvalue weighted by Crippen LogP contribution is -2.36. The van der Waals surface area contributed by atoms with E-state index in [0.717, 1.165) is 23.4 Å². The van der Waals surface area contributed by atoms with Crippen LogP contribution in [0.2, 0.25) is 0 Å². The number of hydrogen-bond donors (Lipinski definition) is 2. The molecule has 0 fully saturated rings. The molecular formula is C19H24ClN3OS. The van der Waals surface area contributed by atoms with E-state index in [-0.39, 0.29) is 18.3 Å². The van der Waals surface area contributed by atoms with Crippen LogP contribution in [0.3, 0.4) is 0 Å². The number of benzene rings is 2. The Balaban J connectivity index is 0.00000225. The van der Waals surface area contributed by atoms with Crippen molar-refractivity contribution >= 4 is 57.6 Å². The van der Waals surface area contributed by atoms with Crippen LogP contribution < -0.4 is 11.1 Å². The predicted octanol–water partition coefficient (Wildman–Crippen LogP) is 4.26. The van der Waals surface area contributed by atoms with E-state index in [4.69, 9.17) is 5.73 Å². The minimum Gasteiger partial charge on any atom is -0.341 e. The first kappa shape index (κ1) is 19.6. The second-order valence-electron chi connectivity index (χ2n) is 5.87. The van der Waals surface area contributed by atoms with Gasteiger partial charge in [0.25, 0.3) is 0 Å². The minimum absolute atomic E-state index is 0. The largest absolute Gasteiger partial charge is 0.341 e. The molecule has 6 heteroatoms. The number of rotatable bonds is 6. The van der Waals surface area contributed by atoms with Gasteiger partial charge in [-0.05, 0) is 49.6 Å². The normalized spacial score (nSPS) is 12.1. The van der Waals surface area contributed by atoms with E-state index in [1.165, 1.54) is 16.4 Å². The van der Waals surface area contributed by atoms with E-state index in [1.54, 1.807) is 11.8 Å². The quantitative estimate of drug-likeness (QED) is 0.674. The van der Waals surface area contributed by atoms with Gasteiger partial charge in [-0.25, -0.2) is 0 Å². The maximum absolute atomic E-state index is 12.2. The Morgan fingerprint density at radius 2 is 1.92 bits per heavy atom. The first-order valence-electron chi connectivity index (χ1n) is 8.22. The van der Waals surface area contributed by atoms with Crippen LogP contribution in [0, 0.1) is 0 Å². The van der Waals surface area contributed by atoms with Gasteiger partial charge in [-0.15, -0.1) is 12.4 Å². The average Bonchev–Trinajstić information content (AvgIpc) is 2.92. The van der Waals surface area contributed by atoms with E-state index in [0.29, 0.717) is 6.42 Å². The molecule has 134 valence electrons. The molecule has 0 aliphatic rings. The molecule has 25 heavy (non-hydrogen) atoms. The van der Waals surface area contributed by atoms with Crippen molar-refractivity contribution in [2.45, 2.75) is 25.9 Å². The van der Waals surface area contributed by atoms with E-state index in [2.05, 4.69) is 41.1 Å². The number of carbonyl (C=O) groups is 1. The zero-order valence-corrected chi connectivity index (χ0v) is 16.1. The Kier molecular flexibility index (Phi) is 6.76. The summed E-state index contributed by atoms with van der Waals surface area (Å²) in [5.41, 5.74) is 9.15. The number of fused-ring (bicyclic) bond motifs is 3. The molecule has 4 nitrogen and oxygen atoms in total. The Morgan fingerprint density at radius 3 is 2.64 bits per heavy atom. The van der Waals surface area contributed by atoms with Gasteiger partial charge in [0.2, 0.25) is 5.91 Å². The summed E-state index contributed by atoms with van der Waals surface area (Å²) in [4.78, 5) is 12.2. The van der Waals surface area contributed by atoms with E-state index >= 15 is 0 Å². The van der Waals surface area contributed by atoms with Crippen LogP contribution in [0.5, 0.6) is 0 Å². The number of para-hydroxylation sites is 1. The smallest absolute Gasteiger partial charge is 0.241 e. The summed E-state index contributed by atoms with van der Waals surface area (Å²) in [7, 11) is 0. The second kappa shape index (κ2) is 8.61. The molecule has 1 amide bonds. The summed E-state index contributed by atoms with van der Waals surface area (Å²) in [6, 6.07) is 14.0. The molecule has 0 aliphatic heterocycles. The molecular weight excluding hydrogens is 354 g/mol. The van der Waals surface area contributed by atoms with Crippen molar-refractivity contribution < 1.29 is 4.79 Å². The fourth-order valence-corrected chi connectivity index (χ4v) is 3.57. The highest BCUT2D eigenvalue weighted by Gasteiger charge is 2.14. The number of hydrogen-bond acceptors (Lipinski definition) is 3. The number of carbonyl (C=O) groups excluding carboxylic acids is 1. The van der Waals surface area contributed by atoms with Gasteiger partial charge in [-0.3, -0.25) is 4.79 Å². The molecule has 0 aliphatic carbocycles. The fourth-order valence-electron chi connectivity index (χ4n) is 3.08. The topological polar surface area (TPSA) is 60.0 Å². The molecule has 0 unspecified atom stereocenters. The standard InChI is InChI=1S/C19H23N3OS.ClH/c1-3-22-17-7-5-4-6-14(17)15-12-13(8-9-18(15)22)21-19(23)16(20)10-11-24-2;/h4-9,12,16H,3,10-11,20H2,1-2H3,(H,21,23);1H/t16-;/m0./s1. The van der Waals surface area contributed by atoms with Gasteiger partial charge < -0.3 is 15.6 Å². The van der Waals surface area contributed by atoms with E-state index < -0.39 is 6.04 Å². The molecule has 3 aromatic rings. The molecule has 0 saturated carbocycles. The first-order chi connectivity index (χ1) is 11.7. The number of thioether (sulfide) groups is 1. The van der Waals surface area contributed by atoms with Crippen molar-refractivity contribution in [1.82, 2.24) is 4.57 Å². The molecule has 3 rings (SSSR count). The lowest BCUT2D eigenvalue weighted by atomic mass is 10.1. The van der Waals surface area contributed by atoms with Gasteiger partial charge in [0.1, 0.15) is 0 Å². The van der Waals surface area contributed by atoms with Gasteiger partial charge in [0.05, 0.1) is 6.04 Å². The molecule has 3 N–H and O–H groups in total. The van der Waals surface area contributed by atoms with Gasteiger partial charge in [0.15, 0.2) is 0 Å². The molecule has 0 spiro atoms. The van der Waals surface area contributed by atoms with Gasteiger partial charge >= 0.3 is 0 Å². The number of aromatic nitrogens is 1. The summed E-state index contributed by atoms with van der Waals surface area (Å²) >= 11 is 1.70. The van der Waals surface area contributed by atoms with E-state index in [1.807, 2.05) is 24.5 Å². The molecule has 1 heterocycles. The lowest BCUT2D eigenvalue weighted by molar-refractivity contribution is -0.117. The number of halogens is 1. The number of amides is 1. The minimum atomic E-state index is -0.467. The monoisotopic (exact) mass is 377 g/mol. The molecule has 2 aromatic carbocycles. The number of anilines is 1. The molecule has 0 saturated heterocycles. The molecule has 1 atom stereocenters. The Bertz CT molecular complexity index is 878. The third-order valence-electron chi connectivity index (χ3n) is 4.33. The van der Waals surface area contributed by atoms with Crippen LogP contribution in [0.15, 0.2) is 42.5 Å². The number of nitrogens with zero attached hydrogens (tertiary/aromatic N) is 1. The van der Waals surface area contributed by atoms with Gasteiger partial charge in [0, 0.05) is 34.0 Å². The molecule has 1 aromatic heterocycles. The van der Waals surface area contributed by atoms with Crippen LogP contribution in [-0.2, 0) is 11.3 Å². The fraction of sp³-hybridized carbons (Fsp3) is 0.316. The van der Waals surface area contributed by atoms with E-state index in [9.17, 15) is 4.79 Å². The van der Waals surface area contributed by atoms with Crippen molar-refractivity contribution in [3.8, 4) is 0 Å². The zero-order chi connectivity index (χ0) is 17.1. The number of nitrogens with one attached hydrogen (secondary N) is 1. The third kappa shape index (κ3) is 3.94. The van der Waals surface area contributed by atoms with Crippen molar-refractivity contribution in [3.63, 3.8) is 0 Å². The highest BCUT2D eigenvalue weighted by Crippen LogP contribution is 2.30. The third-order valence-corrected chi connectivity index (χ3v) is 4.97. The van der Waals surface area contributed by atoms with Crippen LogP contribution in [-0.4, -0.2) is 28.5 Å². The van der Waals surface area contributed by atoms with Crippen LogP contribution >= 0.6 is 24.2 Å². The summed E-state index contributed by atoms with van der Waals surface area (Å²) in [5.74, 6) is 0.764. The summed E-state index contributed by atoms with van der Waals surface area (Å²) in [6.45, 7) is 3.06. The Morgan fingerprint density at radius 1 is 1.20 bits per heavy atom. The maximum atomic E-state index is 12.2. The number of nitrogens with two attached hydrogens (primary N) is 1. The summed E-state index contributed by atoms with van der Waals surface area (Å²) in [6.07, 6.45) is 2.70. The zero-order valence-electron chi connectivity index (χ0n) is 14.5. The van der Waals surface area contributed by atoms with Crippen LogP contribution in [0.25, 0.3) is 21.8 Å². The lowest BCUT2D eigenvalue weighted by Gasteiger charge is -2.12. The Labute approximate surface area is 158 Å². The first-order valence-corrected chi connectivity index (χ1v) is 9.61. The molecule has 0 radical (unpaired) electrons. The highest BCUT2D eigenvalue weighted by molar-refractivity contribution is 7.98. The summed E-state index contributed by atoms with van der Waals surface area (Å²) in [5, 5.41) is 5.31. The van der Waals surface area contributed by atoms with Crippen molar-refractivity contribution in [2.24, 2.45) is 5.73 Å². The summed E-state index contributed by atoms with van der Waals surface area (Å²) < 4.78 is 2.29. The van der Waals surface area contributed by atoms with Gasteiger partial charge in [-0.2, -0.15) is 11.8 Å². The van der Waals surface area contributed by atoms with Crippen molar-refractivity contribution in [2.75, 3.05) is 17.3 Å². The average molecular weight is 378 g/mol. The molecule has 0 bridgehead atoms. The SMILES string of the molecule is CCn1c2ccccc2c2cc(NC(=O)[C@@H](N)CCSC)ccc21.Cl. The predicted molar refractivity (Wildman–Crippen MR) is 112 cm³/mol. The van der Waals surface area contributed by atoms with Crippen LogP contribution in [0.1, 0.15) is 13.3 Å². The second-order valence-corrected chi connectivity index (χ2v) is 6.86. The van der Waals surface area contributed by atoms with Crippen LogP contribution in [0.4, 0.5) is 5.69 Å². The Hall–Kier alpha value is -1.69. The number of aryl methyl sites for hydroxylation is 1. The van der Waals surface area contributed by atoms with Crippen molar-refractivity contribution in [3.05, 3.63) is 42.5 Å². The maximum Gasteiger partial charge on any atom is 0.241 e.